The van der Waals surface area contributed by atoms with Crippen LogP contribution in [-0.4, -0.2) is 31.8 Å². The maximum atomic E-state index is 11.5. The van der Waals surface area contributed by atoms with Crippen LogP contribution in [0.1, 0.15) is 6.42 Å². The van der Waals surface area contributed by atoms with Crippen LogP contribution in [-0.2, 0) is 9.59 Å². The van der Waals surface area contributed by atoms with Crippen molar-refractivity contribution in [2.45, 2.75) is 21.3 Å². The summed E-state index contributed by atoms with van der Waals surface area (Å²) in [6.07, 6.45) is 2.10. The number of carboxylic acids is 1. The summed E-state index contributed by atoms with van der Waals surface area (Å²) in [4.78, 5) is 25.3. The summed E-state index contributed by atoms with van der Waals surface area (Å²) in [6.45, 7) is 0. The molecule has 1 N–H and O–H groups in total. The molecule has 2 heterocycles. The van der Waals surface area contributed by atoms with Crippen molar-refractivity contribution in [2.24, 2.45) is 0 Å². The minimum atomic E-state index is -1.03. The van der Waals surface area contributed by atoms with Gasteiger partial charge in [0.1, 0.15) is 5.70 Å². The van der Waals surface area contributed by atoms with Gasteiger partial charge in [-0.05, 0) is 40.8 Å². The third kappa shape index (κ3) is 2.58. The molecule has 1 unspecified atom stereocenters. The molecular formula is C13H10INO3S2. The lowest BCUT2D eigenvalue weighted by molar-refractivity contribution is -0.146. The highest BCUT2D eigenvalue weighted by Crippen LogP contribution is 2.46. The third-order valence-corrected chi connectivity index (χ3v) is 7.05. The second-order valence-electron chi connectivity index (χ2n) is 4.33. The number of amides is 1. The highest BCUT2D eigenvalue weighted by Gasteiger charge is 2.45. The topological polar surface area (TPSA) is 57.6 Å². The fourth-order valence-corrected chi connectivity index (χ4v) is 5.67. The molecule has 0 aromatic heterocycles. The number of carbonyl (C=O) groups excluding carboxylic acids is 1. The fraction of sp³-hybridized carbons (Fsp3) is 0.231. The van der Waals surface area contributed by atoms with E-state index >= 15 is 0 Å². The van der Waals surface area contributed by atoms with Crippen LogP contribution >= 0.6 is 46.1 Å². The number of thioether (sulfide) groups is 2. The maximum absolute atomic E-state index is 11.5. The average Bonchev–Trinajstić information content (AvgIpc) is 2.39. The van der Waals surface area contributed by atoms with Gasteiger partial charge in [0, 0.05) is 8.47 Å². The van der Waals surface area contributed by atoms with Gasteiger partial charge in [-0.1, -0.05) is 12.1 Å². The van der Waals surface area contributed by atoms with Crippen LogP contribution in [0, 0.1) is 3.57 Å². The molecule has 1 aromatic rings. The minimum Gasteiger partial charge on any atom is -0.477 e. The van der Waals surface area contributed by atoms with Gasteiger partial charge in [0.05, 0.1) is 16.4 Å². The molecule has 1 amide bonds. The quantitative estimate of drug-likeness (QED) is 0.603. The highest BCUT2D eigenvalue weighted by molar-refractivity contribution is 14.1. The van der Waals surface area contributed by atoms with E-state index in [0.29, 0.717) is 6.42 Å². The van der Waals surface area contributed by atoms with E-state index < -0.39 is 5.97 Å². The average molecular weight is 419 g/mol. The van der Waals surface area contributed by atoms with Crippen LogP contribution in [0.3, 0.4) is 0 Å². The Morgan fingerprint density at radius 3 is 2.85 bits per heavy atom. The Hall–Kier alpha value is -0.670. The first-order valence-corrected chi connectivity index (χ1v) is 8.80. The van der Waals surface area contributed by atoms with Gasteiger partial charge in [0.2, 0.25) is 5.91 Å². The normalized spacial score (nSPS) is 24.8. The number of fused-ring (bicyclic) bond motifs is 1. The number of benzene rings is 1. The largest absolute Gasteiger partial charge is 0.477 e. The first kappa shape index (κ1) is 14.3. The molecule has 0 aliphatic carbocycles. The number of rotatable bonds is 3. The number of carbonyl (C=O) groups is 2. The number of hydrogen-bond acceptors (Lipinski definition) is 4. The molecule has 0 spiro atoms. The molecule has 1 fully saturated rings. The van der Waals surface area contributed by atoms with E-state index in [4.69, 9.17) is 0 Å². The van der Waals surface area contributed by atoms with Gasteiger partial charge >= 0.3 is 5.97 Å². The molecule has 2 aliphatic heterocycles. The summed E-state index contributed by atoms with van der Waals surface area (Å²) < 4.78 is 1.17. The molecule has 3 rings (SSSR count). The third-order valence-electron chi connectivity index (χ3n) is 3.05. The van der Waals surface area contributed by atoms with Crippen LogP contribution in [0.15, 0.2) is 40.9 Å². The van der Waals surface area contributed by atoms with Gasteiger partial charge in [-0.15, -0.1) is 23.5 Å². The number of aliphatic carboxylic acids is 1. The number of nitrogens with zero attached hydrogens (tertiary/aromatic N) is 1. The summed E-state index contributed by atoms with van der Waals surface area (Å²) in [5.74, 6) is -1.13. The zero-order valence-corrected chi connectivity index (χ0v) is 13.9. The Labute approximate surface area is 138 Å². The lowest BCUT2D eigenvalue weighted by Crippen LogP contribution is -2.53. The van der Waals surface area contributed by atoms with E-state index in [2.05, 4.69) is 22.6 Å². The predicted molar refractivity (Wildman–Crippen MR) is 87.4 cm³/mol. The Balaban J connectivity index is 1.84. The van der Waals surface area contributed by atoms with Crippen molar-refractivity contribution >= 4 is 58.0 Å². The smallest absolute Gasteiger partial charge is 0.352 e. The van der Waals surface area contributed by atoms with Gasteiger partial charge in [-0.2, -0.15) is 0 Å². The molecule has 0 radical (unpaired) electrons. The first-order chi connectivity index (χ1) is 9.56. The van der Waals surface area contributed by atoms with Gasteiger partial charge in [0.25, 0.3) is 0 Å². The summed E-state index contributed by atoms with van der Waals surface area (Å²) in [7, 11) is 0. The van der Waals surface area contributed by atoms with Crippen molar-refractivity contribution in [3.05, 3.63) is 39.6 Å². The molecule has 1 saturated heterocycles. The van der Waals surface area contributed by atoms with Crippen molar-refractivity contribution in [1.82, 2.24) is 4.90 Å². The van der Waals surface area contributed by atoms with Gasteiger partial charge in [0.15, 0.2) is 0 Å². The standard InChI is InChI=1S/C13H10INO3S2/c14-7-3-1-2-4-9(7)19-12-5-8(13(17)18)15-10(16)6-11(15)20-12/h1-5,11-12H,6H2,(H,17,18)/t11-,12?/m1/s1. The van der Waals surface area contributed by atoms with E-state index in [0.717, 1.165) is 8.47 Å². The van der Waals surface area contributed by atoms with Crippen LogP contribution in [0.25, 0.3) is 0 Å². The lowest BCUT2D eigenvalue weighted by atomic mass is 10.1. The molecule has 20 heavy (non-hydrogen) atoms. The predicted octanol–water partition coefficient (Wildman–Crippen LogP) is 2.98. The van der Waals surface area contributed by atoms with Crippen LogP contribution in [0.4, 0.5) is 0 Å². The molecule has 0 saturated carbocycles. The van der Waals surface area contributed by atoms with Crippen molar-refractivity contribution in [3.63, 3.8) is 0 Å². The molecule has 7 heteroatoms. The van der Waals surface area contributed by atoms with E-state index in [1.54, 1.807) is 29.6 Å². The van der Waals surface area contributed by atoms with E-state index in [1.807, 2.05) is 24.3 Å². The number of β-lactam (4-membered cyclic amide) rings is 1. The molecule has 2 atom stereocenters. The van der Waals surface area contributed by atoms with Crippen LogP contribution in [0.2, 0.25) is 0 Å². The van der Waals surface area contributed by atoms with E-state index in [1.165, 1.54) is 4.90 Å². The molecule has 1 aromatic carbocycles. The summed E-state index contributed by atoms with van der Waals surface area (Å²) in [5.41, 5.74) is 0.119. The summed E-state index contributed by atoms with van der Waals surface area (Å²) >= 11 is 5.54. The minimum absolute atomic E-state index is 0.0198. The van der Waals surface area contributed by atoms with Crippen LogP contribution < -0.4 is 0 Å². The Bertz CT molecular complexity index is 619. The van der Waals surface area contributed by atoms with Crippen molar-refractivity contribution in [3.8, 4) is 0 Å². The Kier molecular flexibility index (Phi) is 4.00. The molecular weight excluding hydrogens is 409 g/mol. The number of halogens is 1. The summed E-state index contributed by atoms with van der Waals surface area (Å²) in [5, 5.41) is 9.20. The summed E-state index contributed by atoms with van der Waals surface area (Å²) in [6, 6.07) is 8.00. The zero-order valence-electron chi connectivity index (χ0n) is 10.2. The zero-order chi connectivity index (χ0) is 14.3. The van der Waals surface area contributed by atoms with Crippen LogP contribution in [0.5, 0.6) is 0 Å². The second-order valence-corrected chi connectivity index (χ2v) is 8.30. The molecule has 2 aliphatic rings. The fourth-order valence-electron chi connectivity index (χ4n) is 2.09. The number of carboxylic acid groups (broad SMARTS) is 1. The molecule has 0 bridgehead atoms. The number of hydrogen-bond donors (Lipinski definition) is 1. The van der Waals surface area contributed by atoms with Gasteiger partial charge in [-0.25, -0.2) is 4.79 Å². The molecule has 4 nitrogen and oxygen atoms in total. The van der Waals surface area contributed by atoms with Gasteiger partial charge in [-0.3, -0.25) is 9.69 Å². The van der Waals surface area contributed by atoms with E-state index in [9.17, 15) is 14.7 Å². The van der Waals surface area contributed by atoms with Crippen molar-refractivity contribution < 1.29 is 14.7 Å². The van der Waals surface area contributed by atoms with Crippen molar-refractivity contribution in [1.29, 1.82) is 0 Å². The van der Waals surface area contributed by atoms with E-state index in [-0.39, 0.29) is 21.6 Å². The molecule has 104 valence electrons. The first-order valence-electron chi connectivity index (χ1n) is 5.90. The second kappa shape index (κ2) is 5.61. The lowest BCUT2D eigenvalue weighted by Gasteiger charge is -2.44. The SMILES string of the molecule is O=C(O)C1=CC(Sc2ccccc2I)S[C@@H]2CC(=O)N12. The Morgan fingerprint density at radius 2 is 2.20 bits per heavy atom. The van der Waals surface area contributed by atoms with Gasteiger partial charge < -0.3 is 5.11 Å². The van der Waals surface area contributed by atoms with Crippen molar-refractivity contribution in [2.75, 3.05) is 0 Å². The Morgan fingerprint density at radius 1 is 1.45 bits per heavy atom. The maximum Gasteiger partial charge on any atom is 0.352 e. The highest BCUT2D eigenvalue weighted by atomic mass is 127. The monoisotopic (exact) mass is 419 g/mol.